The molecule has 2 nitrogen and oxygen atoms in total. The van der Waals surface area contributed by atoms with Crippen LogP contribution < -0.4 is 0 Å². The first-order valence-electron chi connectivity index (χ1n) is 8.77. The number of fused-ring (bicyclic) bond motifs is 1. The molecule has 1 aliphatic carbocycles. The molecule has 0 aromatic heterocycles. The maximum atomic E-state index is 9.66. The van der Waals surface area contributed by atoms with E-state index in [0.717, 1.165) is 38.5 Å². The topological polar surface area (TPSA) is 32.8 Å². The lowest BCUT2D eigenvalue weighted by Gasteiger charge is -2.13. The van der Waals surface area contributed by atoms with Crippen LogP contribution in [0, 0.1) is 5.92 Å². The summed E-state index contributed by atoms with van der Waals surface area (Å²) in [6, 6.07) is 0. The van der Waals surface area contributed by atoms with E-state index >= 15 is 0 Å². The van der Waals surface area contributed by atoms with Crippen LogP contribution in [0.25, 0.3) is 0 Å². The van der Waals surface area contributed by atoms with E-state index in [2.05, 4.69) is 45.9 Å². The van der Waals surface area contributed by atoms with Crippen molar-refractivity contribution in [3.05, 3.63) is 34.9 Å². The van der Waals surface area contributed by atoms with Crippen molar-refractivity contribution in [2.75, 3.05) is 6.61 Å². The second kappa shape index (κ2) is 7.61. The van der Waals surface area contributed by atoms with Crippen molar-refractivity contribution < 1.29 is 9.84 Å². The van der Waals surface area contributed by atoms with Crippen LogP contribution in [0.5, 0.6) is 0 Å². The average Bonchev–Trinajstić information content (AvgIpc) is 3.18. The second-order valence-corrected chi connectivity index (χ2v) is 7.37. The molecule has 0 aromatic carbocycles. The Labute approximate surface area is 136 Å². The van der Waals surface area contributed by atoms with Crippen molar-refractivity contribution in [2.24, 2.45) is 5.92 Å². The first-order valence-corrected chi connectivity index (χ1v) is 8.77. The summed E-state index contributed by atoms with van der Waals surface area (Å²) in [6.45, 7) is 9.15. The number of ether oxygens (including phenoxy) is 1. The van der Waals surface area contributed by atoms with Gasteiger partial charge in [-0.1, -0.05) is 48.8 Å². The van der Waals surface area contributed by atoms with E-state index in [-0.39, 0.29) is 18.3 Å². The molecule has 1 fully saturated rings. The zero-order valence-electron chi connectivity index (χ0n) is 14.7. The van der Waals surface area contributed by atoms with Gasteiger partial charge in [0.1, 0.15) is 5.60 Å². The van der Waals surface area contributed by atoms with Crippen molar-refractivity contribution in [3.63, 3.8) is 0 Å². The Morgan fingerprint density at radius 3 is 2.64 bits per heavy atom. The fourth-order valence-corrected chi connectivity index (χ4v) is 3.27. The molecule has 1 heterocycles. The summed E-state index contributed by atoms with van der Waals surface area (Å²) in [5.41, 5.74) is 4.15. The molecule has 0 bridgehead atoms. The summed E-state index contributed by atoms with van der Waals surface area (Å²) in [7, 11) is 0. The predicted molar refractivity (Wildman–Crippen MR) is 92.8 cm³/mol. The van der Waals surface area contributed by atoms with E-state index in [9.17, 15) is 5.11 Å². The number of rotatable bonds is 2. The Morgan fingerprint density at radius 1 is 1.18 bits per heavy atom. The minimum atomic E-state index is -0.250. The van der Waals surface area contributed by atoms with Gasteiger partial charge in [-0.05, 0) is 58.3 Å². The van der Waals surface area contributed by atoms with Crippen LogP contribution in [0.1, 0.15) is 66.2 Å². The van der Waals surface area contributed by atoms with E-state index in [1.807, 2.05) is 0 Å². The number of aliphatic hydroxyl groups is 1. The lowest BCUT2D eigenvalue weighted by atomic mass is 9.92. The Kier molecular flexibility index (Phi) is 6.05. The quantitative estimate of drug-likeness (QED) is 0.578. The Balaban J connectivity index is 2.12. The molecule has 1 aliphatic heterocycles. The monoisotopic (exact) mass is 304 g/mol. The van der Waals surface area contributed by atoms with Crippen molar-refractivity contribution in [2.45, 2.75) is 77.9 Å². The van der Waals surface area contributed by atoms with Crippen LogP contribution in [0.4, 0.5) is 0 Å². The number of aliphatic hydroxyl groups excluding tert-OH is 1. The molecule has 0 aromatic rings. The summed E-state index contributed by atoms with van der Waals surface area (Å²) >= 11 is 0. The van der Waals surface area contributed by atoms with Gasteiger partial charge in [0, 0.05) is 0 Å². The third-order valence-electron chi connectivity index (χ3n) is 5.17. The molecule has 2 rings (SSSR count). The van der Waals surface area contributed by atoms with Gasteiger partial charge in [-0.3, -0.25) is 0 Å². The van der Waals surface area contributed by atoms with Gasteiger partial charge in [-0.15, -0.1) is 0 Å². The molecular weight excluding hydrogens is 272 g/mol. The molecule has 124 valence electrons. The van der Waals surface area contributed by atoms with Crippen LogP contribution in [0.15, 0.2) is 34.9 Å². The number of epoxide rings is 1. The Morgan fingerprint density at radius 2 is 1.95 bits per heavy atom. The Hall–Kier alpha value is -0.860. The predicted octanol–water partition coefficient (Wildman–Crippen LogP) is 4.95. The molecule has 22 heavy (non-hydrogen) atoms. The van der Waals surface area contributed by atoms with E-state index in [0.29, 0.717) is 5.92 Å². The third kappa shape index (κ3) is 4.57. The van der Waals surface area contributed by atoms with Crippen LogP contribution >= 0.6 is 0 Å². The molecule has 2 aliphatic rings. The third-order valence-corrected chi connectivity index (χ3v) is 5.17. The first-order chi connectivity index (χ1) is 10.5. The highest BCUT2D eigenvalue weighted by Gasteiger charge is 2.54. The van der Waals surface area contributed by atoms with Gasteiger partial charge in [-0.25, -0.2) is 0 Å². The van der Waals surface area contributed by atoms with Gasteiger partial charge < -0.3 is 9.84 Å². The normalized spacial score (nSPS) is 37.9. The summed E-state index contributed by atoms with van der Waals surface area (Å²) in [6.07, 6.45) is 13.5. The van der Waals surface area contributed by atoms with E-state index in [1.54, 1.807) is 0 Å². The van der Waals surface area contributed by atoms with Crippen molar-refractivity contribution in [1.82, 2.24) is 0 Å². The maximum Gasteiger partial charge on any atom is 0.118 e. The fourth-order valence-electron chi connectivity index (χ4n) is 3.27. The molecule has 1 N–H and O–H groups in total. The molecule has 0 amide bonds. The lowest BCUT2D eigenvalue weighted by molar-refractivity contribution is 0.164. The van der Waals surface area contributed by atoms with Crippen molar-refractivity contribution in [1.29, 1.82) is 0 Å². The van der Waals surface area contributed by atoms with Crippen LogP contribution in [-0.2, 0) is 4.74 Å². The fraction of sp³-hybridized carbons (Fsp3) is 0.700. The average molecular weight is 304 g/mol. The minimum absolute atomic E-state index is 0.157. The van der Waals surface area contributed by atoms with Gasteiger partial charge in [-0.2, -0.15) is 0 Å². The van der Waals surface area contributed by atoms with E-state index in [1.165, 1.54) is 16.7 Å². The number of hydrogen-bond donors (Lipinski definition) is 1. The molecule has 0 saturated carbocycles. The molecule has 2 atom stereocenters. The van der Waals surface area contributed by atoms with Crippen LogP contribution in [0.2, 0.25) is 0 Å². The highest BCUT2D eigenvalue weighted by atomic mass is 16.6. The molecule has 0 radical (unpaired) electrons. The van der Waals surface area contributed by atoms with Gasteiger partial charge in [0.25, 0.3) is 0 Å². The standard InChI is InChI=1S/C20H32O2/c1-15(2)18-10-7-16(3)6-5-13-20(14-21)19(22-20)12-9-17(4)8-11-18/h6,8,11,15,19,21H,5,7,9-10,12-14H2,1-4H3/b16-6+,17-8+,18-11+/t19?,20-/m1/s1. The zero-order valence-corrected chi connectivity index (χ0v) is 14.7. The van der Waals surface area contributed by atoms with Gasteiger partial charge in [0.05, 0.1) is 12.7 Å². The minimum Gasteiger partial charge on any atom is -0.393 e. The smallest absolute Gasteiger partial charge is 0.118 e. The summed E-state index contributed by atoms with van der Waals surface area (Å²) < 4.78 is 5.85. The molecule has 1 saturated heterocycles. The summed E-state index contributed by atoms with van der Waals surface area (Å²) in [5.74, 6) is 0.610. The highest BCUT2D eigenvalue weighted by Crippen LogP contribution is 2.43. The van der Waals surface area contributed by atoms with Gasteiger partial charge >= 0.3 is 0 Å². The van der Waals surface area contributed by atoms with E-state index in [4.69, 9.17) is 4.74 Å². The maximum absolute atomic E-state index is 9.66. The molecule has 1 unspecified atom stereocenters. The van der Waals surface area contributed by atoms with Crippen molar-refractivity contribution in [3.8, 4) is 0 Å². The highest BCUT2D eigenvalue weighted by molar-refractivity contribution is 5.20. The summed E-state index contributed by atoms with van der Waals surface area (Å²) in [5, 5.41) is 9.66. The number of hydrogen-bond acceptors (Lipinski definition) is 2. The number of allylic oxidation sites excluding steroid dienone is 6. The van der Waals surface area contributed by atoms with Crippen LogP contribution in [-0.4, -0.2) is 23.4 Å². The molecule has 0 spiro atoms. The zero-order chi connectivity index (χ0) is 16.2. The molecular formula is C20H32O2. The molecule has 2 heteroatoms. The van der Waals surface area contributed by atoms with E-state index < -0.39 is 0 Å². The van der Waals surface area contributed by atoms with Gasteiger partial charge in [0.2, 0.25) is 0 Å². The Bertz CT molecular complexity index is 470. The van der Waals surface area contributed by atoms with Gasteiger partial charge in [0.15, 0.2) is 0 Å². The second-order valence-electron chi connectivity index (χ2n) is 7.37. The van der Waals surface area contributed by atoms with Crippen molar-refractivity contribution >= 4 is 0 Å². The summed E-state index contributed by atoms with van der Waals surface area (Å²) in [4.78, 5) is 0. The largest absolute Gasteiger partial charge is 0.393 e. The SMILES string of the molecule is C/C1=C\CC[C@]2(CO)OC2CC/C(C)=C/C=C(/C(C)C)CC1. The lowest BCUT2D eigenvalue weighted by Crippen LogP contribution is -2.20. The first kappa shape index (κ1) is 17.5. The van der Waals surface area contributed by atoms with Crippen LogP contribution in [0.3, 0.4) is 0 Å².